The van der Waals surface area contributed by atoms with Crippen LogP contribution in [0, 0.1) is 19.7 Å². The zero-order chi connectivity index (χ0) is 18.0. The molecular weight excluding hydrogens is 341 g/mol. The predicted molar refractivity (Wildman–Crippen MR) is 96.6 cm³/mol. The van der Waals surface area contributed by atoms with E-state index in [4.69, 9.17) is 11.6 Å². The zero-order valence-corrected chi connectivity index (χ0v) is 14.6. The molecule has 0 saturated carbocycles. The lowest BCUT2D eigenvalue weighted by Gasteiger charge is -2.07. The third-order valence-corrected chi connectivity index (χ3v) is 4.25. The smallest absolute Gasteiger partial charge is 0.260 e. The van der Waals surface area contributed by atoms with Crippen LogP contribution in [-0.4, -0.2) is 15.7 Å². The Balaban J connectivity index is 1.85. The number of carbonyl (C=O) groups is 1. The van der Waals surface area contributed by atoms with Gasteiger partial charge in [0.15, 0.2) is 0 Å². The Kier molecular flexibility index (Phi) is 4.86. The first-order chi connectivity index (χ1) is 12.0. The molecule has 1 N–H and O–H groups in total. The van der Waals surface area contributed by atoms with Gasteiger partial charge in [0.1, 0.15) is 11.0 Å². The van der Waals surface area contributed by atoms with Crippen molar-refractivity contribution in [3.05, 3.63) is 81.9 Å². The van der Waals surface area contributed by atoms with Crippen molar-refractivity contribution < 1.29 is 9.18 Å². The van der Waals surface area contributed by atoms with Crippen LogP contribution in [0.4, 0.5) is 10.1 Å². The van der Waals surface area contributed by atoms with Crippen molar-refractivity contribution in [3.8, 4) is 0 Å². The summed E-state index contributed by atoms with van der Waals surface area (Å²) in [4.78, 5) is 12.5. The predicted octanol–water partition coefficient (Wildman–Crippen LogP) is 4.59. The number of nitrogens with one attached hydrogen (secondary N) is 1. The molecule has 0 radical (unpaired) electrons. The fourth-order valence-corrected chi connectivity index (χ4v) is 2.85. The molecule has 0 atom stereocenters. The van der Waals surface area contributed by atoms with Crippen LogP contribution in [0.3, 0.4) is 0 Å². The Bertz CT molecular complexity index is 919. The number of para-hydroxylation sites is 1. The normalized spacial score (nSPS) is 10.7. The molecule has 128 valence electrons. The van der Waals surface area contributed by atoms with Crippen LogP contribution in [-0.2, 0) is 6.54 Å². The molecule has 0 fully saturated rings. The molecule has 6 heteroatoms. The van der Waals surface area contributed by atoms with Gasteiger partial charge in [-0.2, -0.15) is 5.10 Å². The van der Waals surface area contributed by atoms with E-state index in [1.807, 2.05) is 31.2 Å². The first-order valence-electron chi connectivity index (χ1n) is 7.80. The number of aryl methyl sites for hydroxylation is 2. The SMILES string of the molecule is Cc1ccc(Cn2nc(C)c(C(=O)Nc3ccccc3F)c2Cl)cc1. The highest BCUT2D eigenvalue weighted by atomic mass is 35.5. The summed E-state index contributed by atoms with van der Waals surface area (Å²) >= 11 is 6.36. The minimum Gasteiger partial charge on any atom is -0.319 e. The Morgan fingerprint density at radius 1 is 1.16 bits per heavy atom. The van der Waals surface area contributed by atoms with Gasteiger partial charge in [0, 0.05) is 0 Å². The summed E-state index contributed by atoms with van der Waals surface area (Å²) in [7, 11) is 0. The van der Waals surface area contributed by atoms with Crippen molar-refractivity contribution >= 4 is 23.2 Å². The van der Waals surface area contributed by atoms with E-state index in [-0.39, 0.29) is 16.4 Å². The number of anilines is 1. The van der Waals surface area contributed by atoms with Crippen molar-refractivity contribution in [1.29, 1.82) is 0 Å². The lowest BCUT2D eigenvalue weighted by Crippen LogP contribution is -2.14. The van der Waals surface area contributed by atoms with E-state index in [0.29, 0.717) is 12.2 Å². The van der Waals surface area contributed by atoms with Gasteiger partial charge in [-0.1, -0.05) is 53.6 Å². The number of benzene rings is 2. The maximum absolute atomic E-state index is 13.7. The maximum Gasteiger partial charge on any atom is 0.260 e. The maximum atomic E-state index is 13.7. The Morgan fingerprint density at radius 3 is 2.52 bits per heavy atom. The van der Waals surface area contributed by atoms with E-state index in [9.17, 15) is 9.18 Å². The molecule has 1 aromatic heterocycles. The van der Waals surface area contributed by atoms with Crippen molar-refractivity contribution in [1.82, 2.24) is 9.78 Å². The lowest BCUT2D eigenvalue weighted by molar-refractivity contribution is 0.102. The van der Waals surface area contributed by atoms with Gasteiger partial charge < -0.3 is 5.32 Å². The second-order valence-corrected chi connectivity index (χ2v) is 6.19. The molecule has 0 aliphatic carbocycles. The zero-order valence-electron chi connectivity index (χ0n) is 13.9. The first kappa shape index (κ1) is 17.2. The highest BCUT2D eigenvalue weighted by Gasteiger charge is 2.21. The third kappa shape index (κ3) is 3.72. The molecule has 0 aliphatic rings. The summed E-state index contributed by atoms with van der Waals surface area (Å²) in [6.45, 7) is 4.17. The van der Waals surface area contributed by atoms with Crippen LogP contribution < -0.4 is 5.32 Å². The number of rotatable bonds is 4. The van der Waals surface area contributed by atoms with Crippen LogP contribution in [0.2, 0.25) is 5.15 Å². The van der Waals surface area contributed by atoms with Gasteiger partial charge in [0.25, 0.3) is 5.91 Å². The lowest BCUT2D eigenvalue weighted by atomic mass is 10.1. The molecular formula is C19H17ClFN3O. The van der Waals surface area contributed by atoms with Crippen LogP contribution in [0.5, 0.6) is 0 Å². The number of halogens is 2. The van der Waals surface area contributed by atoms with E-state index >= 15 is 0 Å². The van der Waals surface area contributed by atoms with Crippen molar-refractivity contribution in [2.45, 2.75) is 20.4 Å². The largest absolute Gasteiger partial charge is 0.319 e. The Hall–Kier alpha value is -2.66. The van der Waals surface area contributed by atoms with Gasteiger partial charge in [-0.15, -0.1) is 0 Å². The molecule has 3 aromatic rings. The van der Waals surface area contributed by atoms with Gasteiger partial charge in [0.05, 0.1) is 23.5 Å². The van der Waals surface area contributed by atoms with Crippen LogP contribution >= 0.6 is 11.6 Å². The molecule has 1 amide bonds. The van der Waals surface area contributed by atoms with Gasteiger partial charge >= 0.3 is 0 Å². The number of hydrogen-bond acceptors (Lipinski definition) is 2. The molecule has 0 aliphatic heterocycles. The molecule has 1 heterocycles. The van der Waals surface area contributed by atoms with E-state index in [0.717, 1.165) is 11.1 Å². The topological polar surface area (TPSA) is 46.9 Å². The molecule has 0 bridgehead atoms. The van der Waals surface area contributed by atoms with Crippen molar-refractivity contribution in [3.63, 3.8) is 0 Å². The van der Waals surface area contributed by atoms with E-state index in [1.54, 1.807) is 23.7 Å². The summed E-state index contributed by atoms with van der Waals surface area (Å²) in [6.07, 6.45) is 0. The fraction of sp³-hybridized carbons (Fsp3) is 0.158. The molecule has 0 saturated heterocycles. The second kappa shape index (κ2) is 7.07. The fourth-order valence-electron chi connectivity index (χ4n) is 2.53. The number of carbonyl (C=O) groups excluding carboxylic acids is 1. The molecule has 0 unspecified atom stereocenters. The van der Waals surface area contributed by atoms with Crippen LogP contribution in [0.15, 0.2) is 48.5 Å². The second-order valence-electron chi connectivity index (χ2n) is 5.83. The minimum atomic E-state index is -0.503. The van der Waals surface area contributed by atoms with E-state index < -0.39 is 11.7 Å². The van der Waals surface area contributed by atoms with Crippen molar-refractivity contribution in [2.75, 3.05) is 5.32 Å². The molecule has 4 nitrogen and oxygen atoms in total. The summed E-state index contributed by atoms with van der Waals surface area (Å²) in [5.74, 6) is -0.987. The van der Waals surface area contributed by atoms with Crippen LogP contribution in [0.1, 0.15) is 27.2 Å². The average molecular weight is 358 g/mol. The van der Waals surface area contributed by atoms with E-state index in [2.05, 4.69) is 10.4 Å². The van der Waals surface area contributed by atoms with Gasteiger partial charge in [-0.05, 0) is 31.5 Å². The molecule has 0 spiro atoms. The number of amides is 1. The van der Waals surface area contributed by atoms with Crippen LogP contribution in [0.25, 0.3) is 0 Å². The average Bonchev–Trinajstić information content (AvgIpc) is 2.85. The summed E-state index contributed by atoms with van der Waals surface area (Å²) < 4.78 is 15.3. The summed E-state index contributed by atoms with van der Waals surface area (Å²) in [5, 5.41) is 7.11. The molecule has 3 rings (SSSR count). The minimum absolute atomic E-state index is 0.106. The van der Waals surface area contributed by atoms with Crippen molar-refractivity contribution in [2.24, 2.45) is 0 Å². The molecule has 2 aromatic carbocycles. The van der Waals surface area contributed by atoms with E-state index in [1.165, 1.54) is 12.1 Å². The van der Waals surface area contributed by atoms with Gasteiger partial charge in [0.2, 0.25) is 0 Å². The highest BCUT2D eigenvalue weighted by molar-refractivity contribution is 6.33. The number of nitrogens with zero attached hydrogens (tertiary/aromatic N) is 2. The standard InChI is InChI=1S/C19H17ClFN3O/c1-12-7-9-14(10-8-12)11-24-18(20)17(13(2)23-24)19(25)22-16-6-4-3-5-15(16)21/h3-10H,11H2,1-2H3,(H,22,25). The Morgan fingerprint density at radius 2 is 1.84 bits per heavy atom. The highest BCUT2D eigenvalue weighted by Crippen LogP contribution is 2.23. The quantitative estimate of drug-likeness (QED) is 0.742. The number of hydrogen-bond donors (Lipinski definition) is 1. The Labute approximate surface area is 150 Å². The summed E-state index contributed by atoms with van der Waals surface area (Å²) in [6, 6.07) is 14.0. The van der Waals surface area contributed by atoms with Gasteiger partial charge in [-0.3, -0.25) is 4.79 Å². The third-order valence-electron chi connectivity index (χ3n) is 3.87. The first-order valence-corrected chi connectivity index (χ1v) is 8.18. The van der Waals surface area contributed by atoms with Gasteiger partial charge in [-0.25, -0.2) is 9.07 Å². The monoisotopic (exact) mass is 357 g/mol. The number of aromatic nitrogens is 2. The summed E-state index contributed by atoms with van der Waals surface area (Å²) in [5.41, 5.74) is 3.03. The molecule has 25 heavy (non-hydrogen) atoms.